The van der Waals surface area contributed by atoms with E-state index in [0.717, 1.165) is 13.0 Å². The summed E-state index contributed by atoms with van der Waals surface area (Å²) in [7, 11) is 1.66. The molecule has 6 heteroatoms. The number of hydrogen-bond acceptors (Lipinski definition) is 4. The molecule has 0 heterocycles. The minimum absolute atomic E-state index is 0.0758. The number of benzene rings is 1. The molecule has 0 aliphatic heterocycles. The minimum atomic E-state index is -0.0758. The fraction of sp³-hybridized carbons (Fsp3) is 0.533. The zero-order chi connectivity index (χ0) is 15.8. The Labute approximate surface area is 131 Å². The van der Waals surface area contributed by atoms with Gasteiger partial charge in [-0.15, -0.1) is 0 Å². The Balaban J connectivity index is 2.62. The molecule has 21 heavy (non-hydrogen) atoms. The Morgan fingerprint density at radius 3 is 2.81 bits per heavy atom. The summed E-state index contributed by atoms with van der Waals surface area (Å²) < 4.78 is 5.09. The number of nitrogen functional groups attached to an aromatic ring is 1. The number of nitrogens with one attached hydrogen (secondary N) is 1. The lowest BCUT2D eigenvalue weighted by Gasteiger charge is -2.27. The first-order valence-electron chi connectivity index (χ1n) is 7.05. The van der Waals surface area contributed by atoms with Crippen LogP contribution in [0.2, 0.25) is 5.02 Å². The maximum atomic E-state index is 12.1. The van der Waals surface area contributed by atoms with Gasteiger partial charge in [-0.3, -0.25) is 9.69 Å². The van der Waals surface area contributed by atoms with Crippen molar-refractivity contribution in [3.8, 4) is 0 Å². The van der Waals surface area contributed by atoms with Crippen LogP contribution in [0, 0.1) is 0 Å². The van der Waals surface area contributed by atoms with Crippen LogP contribution in [0.1, 0.15) is 20.3 Å². The normalized spacial score (nSPS) is 12.4. The largest absolute Gasteiger partial charge is 0.397 e. The summed E-state index contributed by atoms with van der Waals surface area (Å²) in [6.45, 7) is 5.85. The minimum Gasteiger partial charge on any atom is -0.397 e. The monoisotopic (exact) mass is 313 g/mol. The Bertz CT molecular complexity index is 468. The maximum Gasteiger partial charge on any atom is 0.238 e. The van der Waals surface area contributed by atoms with Gasteiger partial charge in [0.25, 0.3) is 0 Å². The second kappa shape index (κ2) is 8.87. The van der Waals surface area contributed by atoms with E-state index in [1.807, 2.05) is 0 Å². The summed E-state index contributed by atoms with van der Waals surface area (Å²) >= 11 is 5.86. The summed E-state index contributed by atoms with van der Waals surface area (Å²) in [4.78, 5) is 14.2. The molecule has 0 fully saturated rings. The van der Waals surface area contributed by atoms with Crippen LogP contribution in [-0.4, -0.2) is 43.7 Å². The highest BCUT2D eigenvalue weighted by molar-refractivity contribution is 6.33. The molecule has 0 aliphatic carbocycles. The molecule has 0 saturated heterocycles. The lowest BCUT2D eigenvalue weighted by atomic mass is 10.2. The molecular formula is C15H24ClN3O2. The van der Waals surface area contributed by atoms with Crippen molar-refractivity contribution in [3.05, 3.63) is 23.2 Å². The van der Waals surface area contributed by atoms with Gasteiger partial charge in [0.15, 0.2) is 0 Å². The lowest BCUT2D eigenvalue weighted by molar-refractivity contribution is -0.118. The van der Waals surface area contributed by atoms with Crippen molar-refractivity contribution in [1.29, 1.82) is 0 Å². The van der Waals surface area contributed by atoms with Crippen LogP contribution in [0.5, 0.6) is 0 Å². The zero-order valence-corrected chi connectivity index (χ0v) is 13.6. The number of methoxy groups -OCH3 is 1. The van der Waals surface area contributed by atoms with E-state index in [1.165, 1.54) is 0 Å². The number of ether oxygens (including phenoxy) is 1. The number of halogens is 1. The number of hydrogen-bond donors (Lipinski definition) is 2. The predicted octanol–water partition coefficient (Wildman–Crippen LogP) is 2.61. The Kier molecular flexibility index (Phi) is 7.50. The molecule has 1 amide bonds. The van der Waals surface area contributed by atoms with Crippen molar-refractivity contribution in [2.75, 3.05) is 37.9 Å². The van der Waals surface area contributed by atoms with Gasteiger partial charge in [-0.1, -0.05) is 18.5 Å². The number of nitrogens with zero attached hydrogens (tertiary/aromatic N) is 1. The van der Waals surface area contributed by atoms with E-state index in [0.29, 0.717) is 35.6 Å². The molecule has 118 valence electrons. The number of carbonyl (C=O) groups excluding carboxylic acids is 1. The Morgan fingerprint density at radius 1 is 1.52 bits per heavy atom. The maximum absolute atomic E-state index is 12.1. The number of carbonyl (C=O) groups is 1. The van der Waals surface area contributed by atoms with Crippen LogP contribution in [0.25, 0.3) is 0 Å². The highest BCUT2D eigenvalue weighted by Gasteiger charge is 2.16. The molecule has 0 aromatic heterocycles. The van der Waals surface area contributed by atoms with Gasteiger partial charge in [0, 0.05) is 25.4 Å². The standard InChI is InChI=1S/C15H24ClN3O2/c1-4-11(2)19(7-8-21-3)10-15(20)18-12-5-6-13(16)14(17)9-12/h5-6,9,11H,4,7-8,10,17H2,1-3H3,(H,18,20). The first-order chi connectivity index (χ1) is 9.97. The van der Waals surface area contributed by atoms with E-state index < -0.39 is 0 Å². The Morgan fingerprint density at radius 2 is 2.24 bits per heavy atom. The molecule has 1 unspecified atom stereocenters. The van der Waals surface area contributed by atoms with Crippen LogP contribution in [0.3, 0.4) is 0 Å². The second-order valence-electron chi connectivity index (χ2n) is 5.01. The van der Waals surface area contributed by atoms with E-state index >= 15 is 0 Å². The molecule has 1 aromatic carbocycles. The van der Waals surface area contributed by atoms with Gasteiger partial charge in [-0.2, -0.15) is 0 Å². The average molecular weight is 314 g/mol. The number of rotatable bonds is 8. The molecule has 0 aliphatic rings. The van der Waals surface area contributed by atoms with E-state index in [9.17, 15) is 4.79 Å². The zero-order valence-electron chi connectivity index (χ0n) is 12.9. The molecule has 0 spiro atoms. The fourth-order valence-corrected chi connectivity index (χ4v) is 2.05. The summed E-state index contributed by atoms with van der Waals surface area (Å²) in [6.07, 6.45) is 0.977. The quantitative estimate of drug-likeness (QED) is 0.724. The highest BCUT2D eigenvalue weighted by atomic mass is 35.5. The number of amides is 1. The van der Waals surface area contributed by atoms with E-state index in [4.69, 9.17) is 22.1 Å². The summed E-state index contributed by atoms with van der Waals surface area (Å²) in [5, 5.41) is 3.32. The fourth-order valence-electron chi connectivity index (χ4n) is 1.93. The van der Waals surface area contributed by atoms with Crippen LogP contribution >= 0.6 is 11.6 Å². The number of nitrogens with two attached hydrogens (primary N) is 1. The molecule has 3 N–H and O–H groups in total. The third-order valence-corrected chi connectivity index (χ3v) is 3.77. The lowest BCUT2D eigenvalue weighted by Crippen LogP contribution is -2.41. The smallest absolute Gasteiger partial charge is 0.238 e. The van der Waals surface area contributed by atoms with Gasteiger partial charge in [0.1, 0.15) is 0 Å². The highest BCUT2D eigenvalue weighted by Crippen LogP contribution is 2.22. The van der Waals surface area contributed by atoms with Crippen LogP contribution in [-0.2, 0) is 9.53 Å². The van der Waals surface area contributed by atoms with Gasteiger partial charge in [0.2, 0.25) is 5.91 Å². The van der Waals surface area contributed by atoms with Gasteiger partial charge in [-0.05, 0) is 31.5 Å². The first-order valence-corrected chi connectivity index (χ1v) is 7.43. The SMILES string of the molecule is CCC(C)N(CCOC)CC(=O)Nc1ccc(Cl)c(N)c1. The topological polar surface area (TPSA) is 67.6 Å². The van der Waals surface area contributed by atoms with Crippen molar-refractivity contribution in [2.24, 2.45) is 0 Å². The van der Waals surface area contributed by atoms with Crippen molar-refractivity contribution in [3.63, 3.8) is 0 Å². The third-order valence-electron chi connectivity index (χ3n) is 3.42. The van der Waals surface area contributed by atoms with Gasteiger partial charge in [-0.25, -0.2) is 0 Å². The average Bonchev–Trinajstić information content (AvgIpc) is 2.46. The molecular weight excluding hydrogens is 290 g/mol. The number of anilines is 2. The molecule has 1 aromatic rings. The van der Waals surface area contributed by atoms with Crippen molar-refractivity contribution in [2.45, 2.75) is 26.3 Å². The van der Waals surface area contributed by atoms with E-state index in [-0.39, 0.29) is 5.91 Å². The van der Waals surface area contributed by atoms with Gasteiger partial charge in [0.05, 0.1) is 23.9 Å². The molecule has 5 nitrogen and oxygen atoms in total. The molecule has 0 bridgehead atoms. The summed E-state index contributed by atoms with van der Waals surface area (Å²) in [6, 6.07) is 5.38. The van der Waals surface area contributed by atoms with E-state index in [1.54, 1.807) is 25.3 Å². The Hall–Kier alpha value is -1.30. The molecule has 1 rings (SSSR count). The molecule has 0 radical (unpaired) electrons. The van der Waals surface area contributed by atoms with Crippen molar-refractivity contribution in [1.82, 2.24) is 4.90 Å². The summed E-state index contributed by atoms with van der Waals surface area (Å²) in [5.41, 5.74) is 6.83. The van der Waals surface area contributed by atoms with Gasteiger partial charge >= 0.3 is 0 Å². The van der Waals surface area contributed by atoms with Crippen molar-refractivity contribution >= 4 is 28.9 Å². The van der Waals surface area contributed by atoms with Crippen LogP contribution in [0.15, 0.2) is 18.2 Å². The van der Waals surface area contributed by atoms with E-state index in [2.05, 4.69) is 24.1 Å². The van der Waals surface area contributed by atoms with Gasteiger partial charge < -0.3 is 15.8 Å². The van der Waals surface area contributed by atoms with Crippen LogP contribution in [0.4, 0.5) is 11.4 Å². The predicted molar refractivity (Wildman–Crippen MR) is 87.7 cm³/mol. The van der Waals surface area contributed by atoms with Crippen molar-refractivity contribution < 1.29 is 9.53 Å². The molecule has 1 atom stereocenters. The molecule has 0 saturated carbocycles. The second-order valence-corrected chi connectivity index (χ2v) is 5.41. The summed E-state index contributed by atoms with van der Waals surface area (Å²) in [5.74, 6) is -0.0758. The van der Waals surface area contributed by atoms with Crippen LogP contribution < -0.4 is 11.1 Å². The first kappa shape index (κ1) is 17.8. The third kappa shape index (κ3) is 5.91.